The second-order valence-electron chi connectivity index (χ2n) is 9.36. The van der Waals surface area contributed by atoms with Gasteiger partial charge in [0.15, 0.2) is 5.78 Å². The van der Waals surface area contributed by atoms with Gasteiger partial charge in [-0.25, -0.2) is 4.79 Å². The van der Waals surface area contributed by atoms with Crippen LogP contribution in [0, 0.1) is 5.92 Å². The van der Waals surface area contributed by atoms with Gasteiger partial charge in [0, 0.05) is 5.56 Å². The number of hydrogen-bond acceptors (Lipinski definition) is 4. The summed E-state index contributed by atoms with van der Waals surface area (Å²) in [5, 5.41) is 0. The molecule has 1 aliphatic rings. The summed E-state index contributed by atoms with van der Waals surface area (Å²) >= 11 is 0. The van der Waals surface area contributed by atoms with Crippen molar-refractivity contribution >= 4 is 17.8 Å². The number of carbonyl (C=O) groups is 2. The number of carbonyl (C=O) groups excluding carboxylic acids is 2. The van der Waals surface area contributed by atoms with Crippen molar-refractivity contribution in [2.24, 2.45) is 5.92 Å². The van der Waals surface area contributed by atoms with E-state index in [4.69, 9.17) is 9.47 Å². The Morgan fingerprint density at radius 1 is 0.778 bits per heavy atom. The topological polar surface area (TPSA) is 52.6 Å². The van der Waals surface area contributed by atoms with Crippen LogP contribution >= 0.6 is 0 Å². The van der Waals surface area contributed by atoms with Gasteiger partial charge in [0.25, 0.3) is 0 Å². The van der Waals surface area contributed by atoms with E-state index >= 15 is 0 Å². The fourth-order valence-electron chi connectivity index (χ4n) is 4.76. The van der Waals surface area contributed by atoms with Gasteiger partial charge in [-0.3, -0.25) is 4.79 Å². The van der Waals surface area contributed by atoms with Crippen molar-refractivity contribution in [2.45, 2.75) is 51.9 Å². The van der Waals surface area contributed by atoms with E-state index in [0.717, 1.165) is 17.2 Å². The number of hydrogen-bond donors (Lipinski definition) is 0. The molecule has 0 amide bonds. The standard InChI is InChI=1S/C32H34O4/c1-3-23-5-10-25(11-6-23)26-16-20-30(21-17-26)36-32(34)28-14-12-27(13-15-28)31(33)22-9-24-7-18-29(19-8-24)35-4-2/h7-9,12-23,25H,3-6,10-11H2,1-2H3/b22-9+. The molecule has 0 unspecified atom stereocenters. The summed E-state index contributed by atoms with van der Waals surface area (Å²) in [6, 6.07) is 22.0. The van der Waals surface area contributed by atoms with Crippen LogP contribution in [0.2, 0.25) is 0 Å². The Hall–Kier alpha value is -3.66. The van der Waals surface area contributed by atoms with Crippen molar-refractivity contribution in [3.63, 3.8) is 0 Å². The highest BCUT2D eigenvalue weighted by molar-refractivity contribution is 6.07. The lowest BCUT2D eigenvalue weighted by molar-refractivity contribution is 0.0734. The summed E-state index contributed by atoms with van der Waals surface area (Å²) in [5.41, 5.74) is 3.15. The van der Waals surface area contributed by atoms with E-state index in [1.807, 2.05) is 43.3 Å². The Morgan fingerprint density at radius 3 is 2.00 bits per heavy atom. The fourth-order valence-corrected chi connectivity index (χ4v) is 4.76. The average molecular weight is 483 g/mol. The third kappa shape index (κ3) is 6.72. The predicted molar refractivity (Wildman–Crippen MR) is 144 cm³/mol. The van der Waals surface area contributed by atoms with Crippen LogP contribution in [0.25, 0.3) is 6.08 Å². The lowest BCUT2D eigenvalue weighted by Crippen LogP contribution is -2.12. The molecule has 0 atom stereocenters. The lowest BCUT2D eigenvalue weighted by Gasteiger charge is -2.28. The minimum atomic E-state index is -0.435. The molecule has 3 aromatic carbocycles. The maximum absolute atomic E-state index is 12.6. The van der Waals surface area contributed by atoms with Crippen molar-refractivity contribution in [2.75, 3.05) is 6.61 Å². The van der Waals surface area contributed by atoms with Gasteiger partial charge in [-0.1, -0.05) is 55.8 Å². The van der Waals surface area contributed by atoms with Gasteiger partial charge in [-0.2, -0.15) is 0 Å². The molecule has 36 heavy (non-hydrogen) atoms. The minimum absolute atomic E-state index is 0.132. The van der Waals surface area contributed by atoms with Gasteiger partial charge in [-0.05, 0) is 98.0 Å². The highest BCUT2D eigenvalue weighted by Crippen LogP contribution is 2.37. The van der Waals surface area contributed by atoms with Gasteiger partial charge in [0.1, 0.15) is 11.5 Å². The summed E-state index contributed by atoms with van der Waals surface area (Å²) in [5.74, 6) is 2.24. The predicted octanol–water partition coefficient (Wildman–Crippen LogP) is 7.88. The van der Waals surface area contributed by atoms with E-state index in [-0.39, 0.29) is 5.78 Å². The van der Waals surface area contributed by atoms with E-state index in [1.165, 1.54) is 43.7 Å². The minimum Gasteiger partial charge on any atom is -0.494 e. The highest BCUT2D eigenvalue weighted by Gasteiger charge is 2.21. The molecule has 4 heteroatoms. The maximum atomic E-state index is 12.6. The van der Waals surface area contributed by atoms with Crippen LogP contribution in [0.4, 0.5) is 0 Å². The fraction of sp³-hybridized carbons (Fsp3) is 0.312. The summed E-state index contributed by atoms with van der Waals surface area (Å²) < 4.78 is 11.0. The molecule has 0 spiro atoms. The quantitative estimate of drug-likeness (QED) is 0.135. The number of benzene rings is 3. The summed E-state index contributed by atoms with van der Waals surface area (Å²) in [7, 11) is 0. The second-order valence-corrected chi connectivity index (χ2v) is 9.36. The van der Waals surface area contributed by atoms with Crippen LogP contribution in [0.5, 0.6) is 11.5 Å². The largest absolute Gasteiger partial charge is 0.494 e. The van der Waals surface area contributed by atoms with E-state index in [2.05, 4.69) is 19.1 Å². The first kappa shape index (κ1) is 25.4. The van der Waals surface area contributed by atoms with Crippen molar-refractivity contribution in [1.29, 1.82) is 0 Å². The zero-order chi connectivity index (χ0) is 25.3. The van der Waals surface area contributed by atoms with Crippen LogP contribution in [0.3, 0.4) is 0 Å². The van der Waals surface area contributed by atoms with Gasteiger partial charge >= 0.3 is 5.97 Å². The lowest BCUT2D eigenvalue weighted by atomic mass is 9.78. The normalized spacial score (nSPS) is 17.6. The second kappa shape index (κ2) is 12.3. The van der Waals surface area contributed by atoms with E-state index in [1.54, 1.807) is 30.3 Å². The number of ketones is 1. The third-order valence-electron chi connectivity index (χ3n) is 7.01. The molecule has 0 saturated heterocycles. The molecule has 0 bridgehead atoms. The number of esters is 1. The van der Waals surface area contributed by atoms with Crippen LogP contribution in [-0.2, 0) is 0 Å². The molecule has 1 aliphatic carbocycles. The van der Waals surface area contributed by atoms with E-state index < -0.39 is 5.97 Å². The molecule has 1 saturated carbocycles. The zero-order valence-corrected chi connectivity index (χ0v) is 21.1. The Kier molecular flexibility index (Phi) is 8.72. The van der Waals surface area contributed by atoms with Crippen molar-refractivity contribution in [1.82, 2.24) is 0 Å². The Bertz CT molecular complexity index is 1170. The van der Waals surface area contributed by atoms with Gasteiger partial charge in [-0.15, -0.1) is 0 Å². The first-order valence-electron chi connectivity index (χ1n) is 12.9. The number of ether oxygens (including phenoxy) is 2. The SMILES string of the molecule is CCOc1ccc(/C=C/C(=O)c2ccc(C(=O)Oc3ccc(C4CCC(CC)CC4)cc3)cc2)cc1. The summed E-state index contributed by atoms with van der Waals surface area (Å²) in [4.78, 5) is 25.1. The molecule has 0 aliphatic heterocycles. The van der Waals surface area contributed by atoms with E-state index in [9.17, 15) is 9.59 Å². The maximum Gasteiger partial charge on any atom is 0.343 e. The molecule has 3 aromatic rings. The Morgan fingerprint density at radius 2 is 1.39 bits per heavy atom. The smallest absolute Gasteiger partial charge is 0.343 e. The summed E-state index contributed by atoms with van der Waals surface area (Å²) in [6.45, 7) is 4.83. The monoisotopic (exact) mass is 482 g/mol. The molecule has 1 fully saturated rings. The third-order valence-corrected chi connectivity index (χ3v) is 7.01. The van der Waals surface area contributed by atoms with Crippen molar-refractivity contribution in [3.05, 3.63) is 101 Å². The van der Waals surface area contributed by atoms with E-state index in [0.29, 0.717) is 29.4 Å². The molecule has 0 aromatic heterocycles. The molecular formula is C32H34O4. The van der Waals surface area contributed by atoms with Gasteiger partial charge in [0.2, 0.25) is 0 Å². The summed E-state index contributed by atoms with van der Waals surface area (Å²) in [6.07, 6.45) is 9.63. The Balaban J connectivity index is 1.31. The molecule has 4 rings (SSSR count). The van der Waals surface area contributed by atoms with Crippen molar-refractivity contribution < 1.29 is 19.1 Å². The van der Waals surface area contributed by atoms with Crippen molar-refractivity contribution in [3.8, 4) is 11.5 Å². The molecule has 0 radical (unpaired) electrons. The van der Waals surface area contributed by atoms with Crippen LogP contribution < -0.4 is 9.47 Å². The molecule has 0 N–H and O–H groups in total. The van der Waals surface area contributed by atoms with Crippen LogP contribution in [0.1, 0.15) is 83.7 Å². The van der Waals surface area contributed by atoms with Gasteiger partial charge < -0.3 is 9.47 Å². The molecule has 186 valence electrons. The van der Waals surface area contributed by atoms with Gasteiger partial charge in [0.05, 0.1) is 12.2 Å². The Labute approximate surface area is 214 Å². The molecule has 0 heterocycles. The molecule has 4 nitrogen and oxygen atoms in total. The number of rotatable bonds is 9. The zero-order valence-electron chi connectivity index (χ0n) is 21.1. The van der Waals surface area contributed by atoms with Crippen LogP contribution in [-0.4, -0.2) is 18.4 Å². The first-order chi connectivity index (χ1) is 17.6. The highest BCUT2D eigenvalue weighted by atomic mass is 16.5. The average Bonchev–Trinajstić information content (AvgIpc) is 2.93. The first-order valence-corrected chi connectivity index (χ1v) is 12.9. The van der Waals surface area contributed by atoms with Crippen LogP contribution in [0.15, 0.2) is 78.9 Å². The molecular weight excluding hydrogens is 448 g/mol. The number of allylic oxidation sites excluding steroid dienone is 1.